The highest BCUT2D eigenvalue weighted by Gasteiger charge is 2.37. The van der Waals surface area contributed by atoms with E-state index in [1.807, 2.05) is 43.1 Å². The highest BCUT2D eigenvalue weighted by Crippen LogP contribution is 2.32. The minimum atomic E-state index is -0.935. The lowest BCUT2D eigenvalue weighted by molar-refractivity contribution is -0.140. The van der Waals surface area contributed by atoms with Crippen molar-refractivity contribution in [3.05, 3.63) is 48.0 Å². The summed E-state index contributed by atoms with van der Waals surface area (Å²) in [5.74, 6) is -0.0157. The predicted octanol–water partition coefficient (Wildman–Crippen LogP) is 1.73. The van der Waals surface area contributed by atoms with Crippen molar-refractivity contribution in [2.24, 2.45) is 5.92 Å². The van der Waals surface area contributed by atoms with Crippen LogP contribution in [-0.2, 0) is 16.9 Å². The molecule has 3 heterocycles. The van der Waals surface area contributed by atoms with E-state index in [1.54, 1.807) is 17.1 Å². The highest BCUT2D eigenvalue weighted by molar-refractivity contribution is 5.78. The van der Waals surface area contributed by atoms with Crippen molar-refractivity contribution in [3.63, 3.8) is 0 Å². The summed E-state index contributed by atoms with van der Waals surface area (Å²) in [4.78, 5) is 18.8. The van der Waals surface area contributed by atoms with Crippen LogP contribution in [-0.4, -0.2) is 43.8 Å². The number of amides is 1. The van der Waals surface area contributed by atoms with Crippen molar-refractivity contribution >= 4 is 5.91 Å². The van der Waals surface area contributed by atoms with Gasteiger partial charge in [0.05, 0.1) is 18.2 Å². The molecule has 0 radical (unpaired) electrons. The molecule has 1 saturated heterocycles. The van der Waals surface area contributed by atoms with Crippen LogP contribution in [0.2, 0.25) is 0 Å². The van der Waals surface area contributed by atoms with Crippen LogP contribution in [0.5, 0.6) is 0 Å². The fourth-order valence-corrected chi connectivity index (χ4v) is 3.18. The number of aryl methyl sites for hydroxylation is 1. The number of likely N-dealkylation sites (tertiary alicyclic amines) is 1. The summed E-state index contributed by atoms with van der Waals surface area (Å²) in [6.45, 7) is 5.57. The van der Waals surface area contributed by atoms with Crippen molar-refractivity contribution < 1.29 is 9.90 Å². The zero-order valence-corrected chi connectivity index (χ0v) is 14.2. The molecule has 128 valence electrons. The summed E-state index contributed by atoms with van der Waals surface area (Å²) < 4.78 is 1.78. The van der Waals surface area contributed by atoms with Crippen LogP contribution in [0, 0.1) is 12.8 Å². The molecule has 0 aliphatic carbocycles. The molecule has 0 unspecified atom stereocenters. The highest BCUT2D eigenvalue weighted by atomic mass is 16.3. The smallest absolute Gasteiger partial charge is 0.227 e. The molecule has 1 fully saturated rings. The quantitative estimate of drug-likeness (QED) is 0.928. The van der Waals surface area contributed by atoms with Crippen LogP contribution >= 0.6 is 0 Å². The summed E-state index contributed by atoms with van der Waals surface area (Å²) >= 11 is 0. The number of carbonyl (C=O) groups is 1. The largest absolute Gasteiger partial charge is 0.383 e. The van der Waals surface area contributed by atoms with E-state index < -0.39 is 5.60 Å². The first-order valence-electron chi connectivity index (χ1n) is 8.40. The van der Waals surface area contributed by atoms with E-state index in [9.17, 15) is 9.90 Å². The minimum absolute atomic E-state index is 0.115. The molecule has 6 nitrogen and oxygen atoms in total. The maximum absolute atomic E-state index is 12.6. The Bertz CT molecular complexity index is 674. The fraction of sp³-hybridized carbons (Fsp3) is 0.500. The molecule has 0 aromatic carbocycles. The maximum atomic E-state index is 12.6. The molecule has 0 saturated carbocycles. The molecule has 6 heteroatoms. The molecular formula is C18H24N4O2. The molecular weight excluding hydrogens is 304 g/mol. The number of aliphatic hydroxyl groups is 1. The zero-order chi connectivity index (χ0) is 17.2. The average molecular weight is 328 g/mol. The van der Waals surface area contributed by atoms with Gasteiger partial charge in [-0.3, -0.25) is 14.5 Å². The number of carbonyl (C=O) groups excluding carboxylic acids is 1. The number of pyridine rings is 1. The van der Waals surface area contributed by atoms with Crippen LogP contribution in [0.15, 0.2) is 36.8 Å². The second-order valence-corrected chi connectivity index (χ2v) is 6.71. The molecule has 1 aliphatic heterocycles. The molecule has 2 aromatic rings. The normalized spacial score (nSPS) is 18.4. The van der Waals surface area contributed by atoms with Gasteiger partial charge in [-0.05, 0) is 37.5 Å². The van der Waals surface area contributed by atoms with Gasteiger partial charge < -0.3 is 10.0 Å². The van der Waals surface area contributed by atoms with E-state index in [0.717, 1.165) is 5.56 Å². The van der Waals surface area contributed by atoms with Crippen molar-refractivity contribution in [3.8, 4) is 0 Å². The zero-order valence-electron chi connectivity index (χ0n) is 14.2. The first-order valence-corrected chi connectivity index (χ1v) is 8.40. The lowest BCUT2D eigenvalue weighted by Crippen LogP contribution is -2.47. The summed E-state index contributed by atoms with van der Waals surface area (Å²) in [7, 11) is 0. The molecule has 24 heavy (non-hydrogen) atoms. The van der Waals surface area contributed by atoms with Gasteiger partial charge in [-0.2, -0.15) is 5.10 Å². The third-order valence-corrected chi connectivity index (χ3v) is 4.73. The summed E-state index contributed by atoms with van der Waals surface area (Å²) in [6.07, 6.45) is 6.39. The van der Waals surface area contributed by atoms with E-state index in [2.05, 4.69) is 10.1 Å². The van der Waals surface area contributed by atoms with E-state index in [-0.39, 0.29) is 11.8 Å². The Labute approximate surface area is 142 Å². The van der Waals surface area contributed by atoms with Gasteiger partial charge in [0.15, 0.2) is 0 Å². The Morgan fingerprint density at radius 1 is 1.38 bits per heavy atom. The van der Waals surface area contributed by atoms with Gasteiger partial charge in [0.2, 0.25) is 5.91 Å². The van der Waals surface area contributed by atoms with E-state index in [4.69, 9.17) is 0 Å². The molecule has 1 aliphatic rings. The van der Waals surface area contributed by atoms with Gasteiger partial charge in [-0.1, -0.05) is 13.0 Å². The number of hydrogen-bond acceptors (Lipinski definition) is 4. The second kappa shape index (κ2) is 6.73. The summed E-state index contributed by atoms with van der Waals surface area (Å²) in [6, 6.07) is 5.70. The van der Waals surface area contributed by atoms with E-state index in [1.165, 1.54) is 0 Å². The average Bonchev–Trinajstić information content (AvgIpc) is 3.08. The molecule has 1 amide bonds. The molecule has 2 aromatic heterocycles. The van der Waals surface area contributed by atoms with Crippen molar-refractivity contribution in [2.45, 2.75) is 38.8 Å². The minimum Gasteiger partial charge on any atom is -0.383 e. The lowest BCUT2D eigenvalue weighted by atomic mass is 9.87. The Morgan fingerprint density at radius 3 is 2.71 bits per heavy atom. The number of hydrogen-bond donors (Lipinski definition) is 1. The lowest BCUT2D eigenvalue weighted by Gasteiger charge is -2.38. The third-order valence-electron chi connectivity index (χ3n) is 4.73. The van der Waals surface area contributed by atoms with Gasteiger partial charge in [-0.15, -0.1) is 0 Å². The van der Waals surface area contributed by atoms with Crippen LogP contribution < -0.4 is 0 Å². The van der Waals surface area contributed by atoms with Gasteiger partial charge in [-0.25, -0.2) is 0 Å². The van der Waals surface area contributed by atoms with E-state index in [0.29, 0.717) is 38.2 Å². The van der Waals surface area contributed by atoms with E-state index >= 15 is 0 Å². The summed E-state index contributed by atoms with van der Waals surface area (Å²) in [5.41, 5.74) is 0.836. The van der Waals surface area contributed by atoms with Crippen LogP contribution in [0.25, 0.3) is 0 Å². The molecule has 1 N–H and O–H groups in total. The molecule has 1 atom stereocenters. The molecule has 0 spiro atoms. The Morgan fingerprint density at radius 2 is 2.12 bits per heavy atom. The van der Waals surface area contributed by atoms with Gasteiger partial charge in [0.25, 0.3) is 0 Å². The first kappa shape index (κ1) is 16.6. The number of nitrogens with zero attached hydrogens (tertiary/aromatic N) is 4. The molecule has 3 rings (SSSR count). The number of aromatic nitrogens is 3. The van der Waals surface area contributed by atoms with Crippen LogP contribution in [0.4, 0.5) is 0 Å². The first-order chi connectivity index (χ1) is 11.5. The topological polar surface area (TPSA) is 71.2 Å². The van der Waals surface area contributed by atoms with Gasteiger partial charge in [0, 0.05) is 31.7 Å². The SMILES string of the molecule is Cc1ccc(C2(O)CCN(C(=O)[C@H](C)Cn3cccn3)CC2)nc1. The molecule has 0 bridgehead atoms. The fourth-order valence-electron chi connectivity index (χ4n) is 3.18. The predicted molar refractivity (Wildman–Crippen MR) is 90.1 cm³/mol. The van der Waals surface area contributed by atoms with Crippen molar-refractivity contribution in [1.29, 1.82) is 0 Å². The standard InChI is InChI=1S/C18H24N4O2/c1-14-4-5-16(19-12-14)18(24)6-10-21(11-7-18)17(23)15(2)13-22-9-3-8-20-22/h3-5,8-9,12,15,24H,6-7,10-11,13H2,1-2H3/t15-/m1/s1. The van der Waals surface area contributed by atoms with Crippen LogP contribution in [0.3, 0.4) is 0 Å². The Kier molecular flexibility index (Phi) is 4.66. The van der Waals surface area contributed by atoms with Crippen molar-refractivity contribution in [1.82, 2.24) is 19.7 Å². The number of rotatable bonds is 4. The third kappa shape index (κ3) is 3.48. The van der Waals surface area contributed by atoms with Gasteiger partial charge in [0.1, 0.15) is 5.60 Å². The Hall–Kier alpha value is -2.21. The Balaban J connectivity index is 1.59. The monoisotopic (exact) mass is 328 g/mol. The summed E-state index contributed by atoms with van der Waals surface area (Å²) in [5, 5.41) is 15.0. The number of piperidine rings is 1. The van der Waals surface area contributed by atoms with Crippen LogP contribution in [0.1, 0.15) is 31.0 Å². The maximum Gasteiger partial charge on any atom is 0.227 e. The van der Waals surface area contributed by atoms with Gasteiger partial charge >= 0.3 is 0 Å². The second-order valence-electron chi connectivity index (χ2n) is 6.71. The van der Waals surface area contributed by atoms with Crippen molar-refractivity contribution in [2.75, 3.05) is 13.1 Å².